The second kappa shape index (κ2) is 20.8. The van der Waals surface area contributed by atoms with Crippen LogP contribution in [0.25, 0.3) is 28.7 Å². The third-order valence-electron chi connectivity index (χ3n) is 7.92. The van der Waals surface area contributed by atoms with Gasteiger partial charge in [0.15, 0.2) is 0 Å². The Hall–Kier alpha value is -4.51. The van der Waals surface area contributed by atoms with Crippen molar-refractivity contribution in [2.45, 2.75) is 95.4 Å². The van der Waals surface area contributed by atoms with Gasteiger partial charge in [-0.15, -0.1) is 12.3 Å². The zero-order valence-corrected chi connectivity index (χ0v) is 33.0. The molecule has 1 heterocycles. The first-order valence-corrected chi connectivity index (χ1v) is 16.8. The minimum atomic E-state index is 0.0902. The van der Waals surface area contributed by atoms with Crippen molar-refractivity contribution in [2.24, 2.45) is 11.3 Å². The Morgan fingerprint density at radius 3 is 1.98 bits per heavy atom. The highest BCUT2D eigenvalue weighted by Crippen LogP contribution is 2.36. The molecule has 4 nitrogen and oxygen atoms in total. The Bertz CT molecular complexity index is 1710. The van der Waals surface area contributed by atoms with Crippen molar-refractivity contribution in [3.63, 3.8) is 0 Å². The van der Waals surface area contributed by atoms with E-state index in [2.05, 4.69) is 133 Å². The van der Waals surface area contributed by atoms with E-state index in [1.165, 1.54) is 33.3 Å². The maximum absolute atomic E-state index is 7.89. The smallest absolute Gasteiger partial charge is 0.122 e. The number of nitriles is 1. The lowest BCUT2D eigenvalue weighted by atomic mass is 9.84. The summed E-state index contributed by atoms with van der Waals surface area (Å²) >= 11 is 0. The van der Waals surface area contributed by atoms with Gasteiger partial charge < -0.3 is 14.4 Å². The Morgan fingerprint density at radius 2 is 1.55 bits per heavy atom. The molecule has 1 aromatic heterocycles. The highest BCUT2D eigenvalue weighted by molar-refractivity contribution is 5.93. The van der Waals surface area contributed by atoms with Gasteiger partial charge in [0.25, 0.3) is 0 Å². The molecular formula is C45H62N2O2. The molecule has 0 amide bonds. The lowest BCUT2D eigenvalue weighted by Gasteiger charge is -2.20. The van der Waals surface area contributed by atoms with Gasteiger partial charge in [0, 0.05) is 35.4 Å². The molecule has 0 aliphatic carbocycles. The van der Waals surface area contributed by atoms with E-state index < -0.39 is 0 Å². The minimum Gasteiger partial charge on any atom is -0.496 e. The molecule has 0 aliphatic rings. The van der Waals surface area contributed by atoms with Gasteiger partial charge >= 0.3 is 0 Å². The first-order valence-electron chi connectivity index (χ1n) is 16.8. The number of hydrogen-bond acceptors (Lipinski definition) is 3. The van der Waals surface area contributed by atoms with Crippen molar-refractivity contribution >= 4 is 23.1 Å². The molecule has 0 spiro atoms. The number of rotatable bonds is 7. The molecule has 264 valence electrons. The number of aliphatic hydroxyl groups excluding tert-OH is 1. The van der Waals surface area contributed by atoms with Crippen LogP contribution < -0.4 is 0 Å². The van der Waals surface area contributed by atoms with Crippen LogP contribution >= 0.6 is 0 Å². The van der Waals surface area contributed by atoms with E-state index >= 15 is 0 Å². The van der Waals surface area contributed by atoms with E-state index in [-0.39, 0.29) is 16.7 Å². The second-order valence-electron chi connectivity index (χ2n) is 14.2. The summed E-state index contributed by atoms with van der Waals surface area (Å²) in [5.74, 6) is 3.27. The second-order valence-corrected chi connectivity index (χ2v) is 14.2. The number of fused-ring (bicyclic) bond motifs is 1. The number of aliphatic hydroxyl groups is 1. The number of benzene rings is 2. The number of nitrogens with zero attached hydrogens (tertiary/aromatic N) is 2. The summed E-state index contributed by atoms with van der Waals surface area (Å²) in [7, 11) is 2.69. The van der Waals surface area contributed by atoms with Crippen LogP contribution in [0.4, 0.5) is 0 Å². The van der Waals surface area contributed by atoms with Crippen LogP contribution in [0.1, 0.15) is 105 Å². The summed E-state index contributed by atoms with van der Waals surface area (Å²) < 4.78 is 7.89. The van der Waals surface area contributed by atoms with Gasteiger partial charge in [0.05, 0.1) is 18.7 Å². The lowest BCUT2D eigenvalue weighted by Crippen LogP contribution is -2.10. The van der Waals surface area contributed by atoms with Gasteiger partial charge in [-0.2, -0.15) is 5.26 Å². The van der Waals surface area contributed by atoms with Crippen LogP contribution in [0.3, 0.4) is 0 Å². The molecule has 3 aromatic rings. The summed E-state index contributed by atoms with van der Waals surface area (Å²) in [4.78, 5) is 0. The largest absolute Gasteiger partial charge is 0.496 e. The van der Waals surface area contributed by atoms with Crippen LogP contribution in [0.2, 0.25) is 0 Å². The highest BCUT2D eigenvalue weighted by Gasteiger charge is 2.20. The van der Waals surface area contributed by atoms with Crippen LogP contribution in [0.5, 0.6) is 0 Å². The van der Waals surface area contributed by atoms with E-state index in [4.69, 9.17) is 15.1 Å². The van der Waals surface area contributed by atoms with Gasteiger partial charge in [0.2, 0.25) is 0 Å². The van der Waals surface area contributed by atoms with Crippen molar-refractivity contribution in [3.8, 4) is 24.1 Å². The highest BCUT2D eigenvalue weighted by atomic mass is 16.5. The van der Waals surface area contributed by atoms with Crippen LogP contribution in [-0.2, 0) is 10.2 Å². The Kier molecular flexibility index (Phi) is 18.9. The van der Waals surface area contributed by atoms with Gasteiger partial charge in [-0.05, 0) is 112 Å². The fourth-order valence-corrected chi connectivity index (χ4v) is 4.49. The number of terminal acetylenes is 1. The Balaban J connectivity index is 0.00000204. The van der Waals surface area contributed by atoms with Gasteiger partial charge in [-0.25, -0.2) is 0 Å². The molecule has 49 heavy (non-hydrogen) atoms. The third-order valence-corrected chi connectivity index (χ3v) is 7.92. The number of ether oxygens (including phenoxy) is 1. The average Bonchev–Trinajstić information content (AvgIpc) is 3.33. The Morgan fingerprint density at radius 1 is 1.02 bits per heavy atom. The molecular weight excluding hydrogens is 601 g/mol. The predicted molar refractivity (Wildman–Crippen MR) is 216 cm³/mol. The quantitative estimate of drug-likeness (QED) is 0.156. The summed E-state index contributed by atoms with van der Waals surface area (Å²) in [6.07, 6.45) is 15.1. The molecule has 0 aliphatic heterocycles. The van der Waals surface area contributed by atoms with Crippen molar-refractivity contribution in [1.82, 2.24) is 4.57 Å². The fourth-order valence-electron chi connectivity index (χ4n) is 4.49. The van der Waals surface area contributed by atoms with E-state index in [9.17, 15) is 0 Å². The molecule has 0 saturated heterocycles. The lowest BCUT2D eigenvalue weighted by molar-refractivity contribution is 0.300. The molecule has 0 saturated carbocycles. The van der Waals surface area contributed by atoms with Crippen LogP contribution in [-0.4, -0.2) is 23.9 Å². The topological polar surface area (TPSA) is 58.2 Å². The fraction of sp³-hybridized carbons (Fsp3) is 0.400. The predicted octanol–water partition coefficient (Wildman–Crippen LogP) is 12.2. The zero-order valence-electron chi connectivity index (χ0n) is 33.0. The number of allylic oxidation sites excluding steroid dienone is 6. The normalized spacial score (nSPS) is 12.2. The van der Waals surface area contributed by atoms with Crippen molar-refractivity contribution in [3.05, 3.63) is 112 Å². The van der Waals surface area contributed by atoms with Gasteiger partial charge in [-0.3, -0.25) is 0 Å². The summed E-state index contributed by atoms with van der Waals surface area (Å²) in [6, 6.07) is 17.7. The maximum atomic E-state index is 7.89. The third kappa shape index (κ3) is 13.9. The molecule has 1 N–H and O–H groups in total. The first-order chi connectivity index (χ1) is 22.9. The number of hydrogen-bond donors (Lipinski definition) is 1. The van der Waals surface area contributed by atoms with E-state index in [0.717, 1.165) is 35.3 Å². The first kappa shape index (κ1) is 44.5. The monoisotopic (exact) mass is 662 g/mol. The molecule has 0 unspecified atom stereocenters. The molecule has 0 bridgehead atoms. The zero-order chi connectivity index (χ0) is 38.1. The van der Waals surface area contributed by atoms with Crippen molar-refractivity contribution in [2.75, 3.05) is 14.2 Å². The van der Waals surface area contributed by atoms with E-state index in [1.54, 1.807) is 14.0 Å². The molecule has 3 rings (SSSR count). The van der Waals surface area contributed by atoms with E-state index in [0.29, 0.717) is 0 Å². The molecule has 0 fully saturated rings. The van der Waals surface area contributed by atoms with Crippen LogP contribution in [0.15, 0.2) is 89.8 Å². The summed E-state index contributed by atoms with van der Waals surface area (Å²) in [5, 5.41) is 16.2. The van der Waals surface area contributed by atoms with Gasteiger partial charge in [-0.1, -0.05) is 96.2 Å². The molecule has 4 heteroatoms. The average molecular weight is 663 g/mol. The summed E-state index contributed by atoms with van der Waals surface area (Å²) in [6.45, 7) is 31.8. The SMILES string of the molecule is C#CC.C=C(/C=C/c1ccc(-n2c(C)c(/C=C(\C)C(C)(C)C)c3cc(C(C)(C)C)ccc32)cc1)/C=C(OC)\C(C)=C/C.CC(C)C#N.CO. The van der Waals surface area contributed by atoms with Crippen molar-refractivity contribution < 1.29 is 9.84 Å². The van der Waals surface area contributed by atoms with E-state index in [1.807, 2.05) is 52.0 Å². The number of methoxy groups -OCH3 is 1. The van der Waals surface area contributed by atoms with Crippen molar-refractivity contribution in [1.29, 1.82) is 5.26 Å². The van der Waals surface area contributed by atoms with Gasteiger partial charge in [0.1, 0.15) is 5.76 Å². The molecule has 0 radical (unpaired) electrons. The van der Waals surface area contributed by atoms with Crippen LogP contribution in [0, 0.1) is 41.9 Å². The molecule has 0 atom stereocenters. The molecule has 2 aromatic carbocycles. The maximum Gasteiger partial charge on any atom is 0.122 e. The summed E-state index contributed by atoms with van der Waals surface area (Å²) in [5.41, 5.74) is 11.0. The number of aromatic nitrogens is 1. The minimum absolute atomic E-state index is 0.0902. The standard InChI is InChI=1S/C37H47NO.C4H7N.C3H4.CH4O/c1-13-26(3)35(39-12)22-25(2)14-15-29-16-19-31(20-17-29)38-28(5)32(23-27(4)36(6,7)8)33-24-30(37(9,10)11)18-21-34(33)38;1-4(2)3-5;1-3-2;1-2/h13-24H,2H2,1,3-12H3;4H,1-2H3;1H,2H3;2H,1H3/b15-14+,26-13-,27-23+,35-22+;;;. The Labute approximate surface area is 299 Å².